The number of amides is 2. The van der Waals surface area contributed by atoms with Crippen molar-refractivity contribution in [2.45, 2.75) is 62.6 Å². The highest BCUT2D eigenvalue weighted by Gasteiger charge is 2.59. The molecule has 3 aromatic rings. The molecule has 4 atom stereocenters. The number of hydrogen-bond acceptors (Lipinski definition) is 4. The molecule has 2 aromatic carbocycles. The maximum atomic E-state index is 13.7. The van der Waals surface area contributed by atoms with Crippen molar-refractivity contribution in [1.82, 2.24) is 15.2 Å². The normalized spacial score (nSPS) is 28.5. The summed E-state index contributed by atoms with van der Waals surface area (Å²) in [5.74, 6) is 0.389. The molecular formula is C32H33FN4O2. The lowest BCUT2D eigenvalue weighted by Gasteiger charge is -2.62. The predicted molar refractivity (Wildman–Crippen MR) is 146 cm³/mol. The first-order valence-corrected chi connectivity index (χ1v) is 14.0. The third kappa shape index (κ3) is 4.24. The number of hydrogen-bond donors (Lipinski definition) is 2. The number of rotatable bonds is 6. The summed E-state index contributed by atoms with van der Waals surface area (Å²) in [5, 5.41) is 3.72. The Morgan fingerprint density at radius 3 is 2.46 bits per heavy atom. The van der Waals surface area contributed by atoms with Crippen molar-refractivity contribution in [2.24, 2.45) is 17.6 Å². The van der Waals surface area contributed by atoms with Crippen LogP contribution in [0.1, 0.15) is 65.7 Å². The molecule has 4 aliphatic carbocycles. The van der Waals surface area contributed by atoms with Crippen LogP contribution in [-0.2, 0) is 23.3 Å². The van der Waals surface area contributed by atoms with E-state index in [2.05, 4.69) is 5.32 Å². The molecule has 3 N–H and O–H groups in total. The summed E-state index contributed by atoms with van der Waals surface area (Å²) in [6, 6.07) is 18.6. The summed E-state index contributed by atoms with van der Waals surface area (Å²) < 4.78 is 13.7. The molecule has 4 bridgehead atoms. The number of benzene rings is 2. The van der Waals surface area contributed by atoms with Crippen LogP contribution in [0.2, 0.25) is 0 Å². The topological polar surface area (TPSA) is 88.3 Å². The van der Waals surface area contributed by atoms with E-state index in [4.69, 9.17) is 10.7 Å². The van der Waals surface area contributed by atoms with Gasteiger partial charge in [-0.3, -0.25) is 14.6 Å². The quantitative estimate of drug-likeness (QED) is 0.489. The molecule has 4 saturated carbocycles. The molecule has 4 fully saturated rings. The number of carbonyl (C=O) groups is 2. The van der Waals surface area contributed by atoms with E-state index in [1.807, 2.05) is 47.4 Å². The number of nitrogens with one attached hydrogen (secondary N) is 1. The average Bonchev–Trinajstić information content (AvgIpc) is 3.34. The molecule has 1 aliphatic heterocycles. The van der Waals surface area contributed by atoms with Crippen LogP contribution in [0.3, 0.4) is 0 Å². The molecule has 0 spiro atoms. The molecule has 2 unspecified atom stereocenters. The van der Waals surface area contributed by atoms with Crippen molar-refractivity contribution >= 4 is 11.8 Å². The fraction of sp³-hybridized carbons (Fsp3) is 0.406. The van der Waals surface area contributed by atoms with Gasteiger partial charge in [0.2, 0.25) is 5.91 Å². The Morgan fingerprint density at radius 1 is 0.974 bits per heavy atom. The van der Waals surface area contributed by atoms with Crippen molar-refractivity contribution in [1.29, 1.82) is 0 Å². The van der Waals surface area contributed by atoms with Crippen LogP contribution in [0.15, 0.2) is 60.7 Å². The number of nitrogens with two attached hydrogens (primary N) is 1. The summed E-state index contributed by atoms with van der Waals surface area (Å²) in [5.41, 5.74) is 10.6. The van der Waals surface area contributed by atoms with E-state index < -0.39 is 5.91 Å². The number of halogens is 1. The van der Waals surface area contributed by atoms with Gasteiger partial charge in [-0.15, -0.1) is 0 Å². The average molecular weight is 525 g/mol. The Hall–Kier alpha value is -3.58. The lowest BCUT2D eigenvalue weighted by Crippen LogP contribution is -2.64. The van der Waals surface area contributed by atoms with Crippen LogP contribution >= 0.6 is 0 Å². The summed E-state index contributed by atoms with van der Waals surface area (Å²) in [4.78, 5) is 32.8. The van der Waals surface area contributed by atoms with E-state index in [0.29, 0.717) is 30.5 Å². The van der Waals surface area contributed by atoms with Crippen molar-refractivity contribution in [2.75, 3.05) is 6.54 Å². The zero-order chi connectivity index (χ0) is 26.8. The number of nitrogens with zero attached hydrogens (tertiary/aromatic N) is 2. The Bertz CT molecular complexity index is 1460. The molecule has 39 heavy (non-hydrogen) atoms. The molecule has 0 saturated heterocycles. The fourth-order valence-corrected chi connectivity index (χ4v) is 8.49. The van der Waals surface area contributed by atoms with E-state index in [1.54, 1.807) is 6.07 Å². The minimum absolute atomic E-state index is 0.0402. The minimum atomic E-state index is -0.435. The number of pyridine rings is 1. The highest BCUT2D eigenvalue weighted by atomic mass is 19.1. The first-order chi connectivity index (χ1) is 18.8. The third-order valence-electron chi connectivity index (χ3n) is 9.65. The maximum Gasteiger partial charge on any atom is 0.250 e. The summed E-state index contributed by atoms with van der Waals surface area (Å²) >= 11 is 0. The van der Waals surface area contributed by atoms with Gasteiger partial charge >= 0.3 is 0 Å². The lowest BCUT2D eigenvalue weighted by molar-refractivity contribution is -0.132. The lowest BCUT2D eigenvalue weighted by atomic mass is 9.45. The van der Waals surface area contributed by atoms with Crippen LogP contribution in [0.5, 0.6) is 0 Å². The smallest absolute Gasteiger partial charge is 0.250 e. The molecule has 0 radical (unpaired) electrons. The van der Waals surface area contributed by atoms with Crippen molar-refractivity contribution < 1.29 is 14.0 Å². The van der Waals surface area contributed by atoms with E-state index >= 15 is 0 Å². The summed E-state index contributed by atoms with van der Waals surface area (Å²) in [6.07, 6.45) is 6.11. The second-order valence-corrected chi connectivity index (χ2v) is 12.4. The van der Waals surface area contributed by atoms with Gasteiger partial charge in [0.05, 0.1) is 23.5 Å². The second-order valence-electron chi connectivity index (χ2n) is 12.4. The SMILES string of the molecule is NC(=O)c1ccc(-c2ccccc2)nc1C12C[C@@H]3C[C@@H](CC(NCC(=O)N4Cc5ccc(F)cc5C4)(C3)C1)C2. The molecular weight excluding hydrogens is 491 g/mol. The summed E-state index contributed by atoms with van der Waals surface area (Å²) in [7, 11) is 0. The Morgan fingerprint density at radius 2 is 1.72 bits per heavy atom. The van der Waals surface area contributed by atoms with Gasteiger partial charge in [0, 0.05) is 29.6 Å². The van der Waals surface area contributed by atoms with Gasteiger partial charge in [0.25, 0.3) is 5.91 Å². The molecule has 6 nitrogen and oxygen atoms in total. The number of primary amides is 1. The zero-order valence-electron chi connectivity index (χ0n) is 22.0. The number of fused-ring (bicyclic) bond motifs is 1. The fourth-order valence-electron chi connectivity index (χ4n) is 8.49. The molecule has 200 valence electrons. The van der Waals surface area contributed by atoms with Crippen LogP contribution in [-0.4, -0.2) is 33.8 Å². The van der Waals surface area contributed by atoms with Crippen LogP contribution < -0.4 is 11.1 Å². The van der Waals surface area contributed by atoms with Crippen LogP contribution in [0.4, 0.5) is 4.39 Å². The van der Waals surface area contributed by atoms with Gasteiger partial charge in [-0.2, -0.15) is 0 Å². The predicted octanol–water partition coefficient (Wildman–Crippen LogP) is 4.71. The van der Waals surface area contributed by atoms with E-state index in [1.165, 1.54) is 18.6 Å². The van der Waals surface area contributed by atoms with Gasteiger partial charge < -0.3 is 16.0 Å². The van der Waals surface area contributed by atoms with Crippen molar-refractivity contribution in [3.8, 4) is 11.3 Å². The van der Waals surface area contributed by atoms with Crippen molar-refractivity contribution in [3.05, 3.63) is 88.9 Å². The summed E-state index contributed by atoms with van der Waals surface area (Å²) in [6.45, 7) is 1.23. The van der Waals surface area contributed by atoms with Gasteiger partial charge in [-0.25, -0.2) is 4.39 Å². The third-order valence-corrected chi connectivity index (χ3v) is 9.65. The molecule has 2 amide bonds. The van der Waals surface area contributed by atoms with Crippen molar-refractivity contribution in [3.63, 3.8) is 0 Å². The van der Waals surface area contributed by atoms with E-state index in [0.717, 1.165) is 60.2 Å². The standard InChI is InChI=1S/C32H33FN4O2/c33-25-7-6-23-17-37(18-24(23)11-25)28(38)16-35-32-14-20-10-21(15-32)13-31(12-20,19-32)29-26(30(34)39)8-9-27(36-29)22-4-2-1-3-5-22/h1-9,11,20-21,35H,10,12-19H2,(H2,34,39)/t20-,21+,31?,32?. The zero-order valence-corrected chi connectivity index (χ0v) is 22.0. The number of carbonyl (C=O) groups excluding carboxylic acids is 2. The maximum absolute atomic E-state index is 13.7. The monoisotopic (exact) mass is 524 g/mol. The van der Waals surface area contributed by atoms with E-state index in [-0.39, 0.29) is 29.2 Å². The molecule has 2 heterocycles. The highest BCUT2D eigenvalue weighted by Crippen LogP contribution is 2.62. The van der Waals surface area contributed by atoms with Gasteiger partial charge in [-0.1, -0.05) is 36.4 Å². The van der Waals surface area contributed by atoms with Crippen LogP contribution in [0, 0.1) is 17.7 Å². The first kappa shape index (κ1) is 24.5. The minimum Gasteiger partial charge on any atom is -0.366 e. The largest absolute Gasteiger partial charge is 0.366 e. The molecule has 8 rings (SSSR count). The van der Waals surface area contributed by atoms with Gasteiger partial charge in [0.15, 0.2) is 0 Å². The number of aromatic nitrogens is 1. The second kappa shape index (κ2) is 8.98. The highest BCUT2D eigenvalue weighted by molar-refractivity contribution is 5.94. The van der Waals surface area contributed by atoms with E-state index in [9.17, 15) is 14.0 Å². The Balaban J connectivity index is 1.16. The van der Waals surface area contributed by atoms with Crippen LogP contribution in [0.25, 0.3) is 11.3 Å². The van der Waals surface area contributed by atoms with Gasteiger partial charge in [0.1, 0.15) is 5.82 Å². The van der Waals surface area contributed by atoms with Gasteiger partial charge in [-0.05, 0) is 85.8 Å². The Labute approximate surface area is 227 Å². The molecule has 1 aromatic heterocycles. The molecule has 7 heteroatoms. The first-order valence-electron chi connectivity index (χ1n) is 14.0. The molecule has 5 aliphatic rings. The Kier molecular flexibility index (Phi) is 5.63.